The van der Waals surface area contributed by atoms with Gasteiger partial charge >= 0.3 is 0 Å². The number of hydrogen-bond acceptors (Lipinski definition) is 3. The normalized spacial score (nSPS) is 29.6. The molecule has 0 spiro atoms. The van der Waals surface area contributed by atoms with Crippen molar-refractivity contribution in [2.75, 3.05) is 14.1 Å². The van der Waals surface area contributed by atoms with E-state index < -0.39 is 0 Å². The first-order valence-electron chi connectivity index (χ1n) is 7.50. The van der Waals surface area contributed by atoms with Gasteiger partial charge in [-0.25, -0.2) is 0 Å². The molecule has 19 heavy (non-hydrogen) atoms. The van der Waals surface area contributed by atoms with E-state index in [-0.39, 0.29) is 11.6 Å². The summed E-state index contributed by atoms with van der Waals surface area (Å²) in [5.41, 5.74) is 6.84. The highest BCUT2D eigenvalue weighted by molar-refractivity contribution is 7.09. The molecule has 3 unspecified atom stereocenters. The molecule has 2 rings (SSSR count). The Kier molecular flexibility index (Phi) is 5.04. The topological polar surface area (TPSA) is 29.3 Å². The van der Waals surface area contributed by atoms with Gasteiger partial charge in [-0.05, 0) is 57.1 Å². The maximum atomic E-state index is 6.63. The molecule has 0 bridgehead atoms. The van der Waals surface area contributed by atoms with Crippen LogP contribution in [0.4, 0.5) is 0 Å². The predicted molar refractivity (Wildman–Crippen MR) is 84.7 cm³/mol. The van der Waals surface area contributed by atoms with Gasteiger partial charge in [-0.2, -0.15) is 0 Å². The van der Waals surface area contributed by atoms with E-state index >= 15 is 0 Å². The maximum absolute atomic E-state index is 6.63. The van der Waals surface area contributed by atoms with Crippen molar-refractivity contribution in [1.29, 1.82) is 0 Å². The molecule has 108 valence electrons. The minimum Gasteiger partial charge on any atom is -0.326 e. The molecule has 1 saturated carbocycles. The highest BCUT2D eigenvalue weighted by Crippen LogP contribution is 2.38. The van der Waals surface area contributed by atoms with Crippen LogP contribution in [0, 0.1) is 5.92 Å². The Labute approximate surface area is 122 Å². The first-order chi connectivity index (χ1) is 9.04. The van der Waals surface area contributed by atoms with Crippen LogP contribution in [0.2, 0.25) is 0 Å². The Hall–Kier alpha value is -0.380. The van der Waals surface area contributed by atoms with E-state index in [0.717, 1.165) is 18.8 Å². The second-order valence-electron chi connectivity index (χ2n) is 6.42. The molecule has 1 aromatic heterocycles. The summed E-state index contributed by atoms with van der Waals surface area (Å²) < 4.78 is 0. The number of hydrogen-bond donors (Lipinski definition) is 1. The largest absolute Gasteiger partial charge is 0.326 e. The maximum Gasteiger partial charge on any atom is 0.0356 e. The quantitative estimate of drug-likeness (QED) is 0.894. The van der Waals surface area contributed by atoms with E-state index in [1.54, 1.807) is 0 Å². The molecule has 0 aromatic carbocycles. The molecular weight excluding hydrogens is 252 g/mol. The molecule has 0 amide bonds. The molecule has 0 saturated heterocycles. The Bertz CT molecular complexity index is 374. The van der Waals surface area contributed by atoms with E-state index in [4.69, 9.17) is 5.73 Å². The molecule has 2 nitrogen and oxygen atoms in total. The van der Waals surface area contributed by atoms with Gasteiger partial charge in [0.15, 0.2) is 0 Å². The van der Waals surface area contributed by atoms with Crippen LogP contribution in [-0.4, -0.2) is 30.6 Å². The molecule has 0 radical (unpaired) electrons. The van der Waals surface area contributed by atoms with Crippen molar-refractivity contribution >= 4 is 11.3 Å². The molecule has 1 heterocycles. The summed E-state index contributed by atoms with van der Waals surface area (Å²) in [5.74, 6) is 0.809. The minimum absolute atomic E-state index is 0.217. The highest BCUT2D eigenvalue weighted by atomic mass is 32.1. The smallest absolute Gasteiger partial charge is 0.0356 e. The summed E-state index contributed by atoms with van der Waals surface area (Å²) >= 11 is 1.85. The van der Waals surface area contributed by atoms with E-state index in [0.29, 0.717) is 0 Å². The molecule has 1 fully saturated rings. The number of rotatable bonds is 5. The van der Waals surface area contributed by atoms with Gasteiger partial charge in [0.1, 0.15) is 0 Å². The van der Waals surface area contributed by atoms with Gasteiger partial charge in [-0.1, -0.05) is 25.8 Å². The van der Waals surface area contributed by atoms with Crippen LogP contribution in [0.25, 0.3) is 0 Å². The van der Waals surface area contributed by atoms with E-state index in [9.17, 15) is 0 Å². The van der Waals surface area contributed by atoms with Crippen LogP contribution in [0.1, 0.15) is 43.9 Å². The molecule has 1 aromatic rings. The van der Waals surface area contributed by atoms with Gasteiger partial charge < -0.3 is 10.6 Å². The average Bonchev–Trinajstić information content (AvgIpc) is 2.88. The standard InChI is InChI=1S/C16H28N2S/c1-13-6-4-10-16(12-13,18(2)3)15(17)9-8-14-7-5-11-19-14/h5,7,11,13,15H,4,6,8-10,12,17H2,1-3H3. The number of aryl methyl sites for hydroxylation is 1. The number of thiophene rings is 1. The third-order valence-electron chi connectivity index (χ3n) is 4.87. The van der Waals surface area contributed by atoms with E-state index in [2.05, 4.69) is 43.4 Å². The van der Waals surface area contributed by atoms with Gasteiger partial charge in [-0.15, -0.1) is 11.3 Å². The monoisotopic (exact) mass is 280 g/mol. The molecule has 1 aliphatic rings. The lowest BCUT2D eigenvalue weighted by Crippen LogP contribution is -2.59. The van der Waals surface area contributed by atoms with Crippen LogP contribution in [0.5, 0.6) is 0 Å². The van der Waals surface area contributed by atoms with Crippen molar-refractivity contribution < 1.29 is 0 Å². The van der Waals surface area contributed by atoms with Crippen LogP contribution in [0.15, 0.2) is 17.5 Å². The molecule has 0 aliphatic heterocycles. The molecule has 2 N–H and O–H groups in total. The SMILES string of the molecule is CC1CCCC(C(N)CCc2cccs2)(N(C)C)C1. The zero-order chi connectivity index (χ0) is 13.9. The van der Waals surface area contributed by atoms with E-state index in [1.807, 2.05) is 11.3 Å². The molecule has 3 atom stereocenters. The second kappa shape index (κ2) is 6.38. The van der Waals surface area contributed by atoms with Crippen LogP contribution in [-0.2, 0) is 6.42 Å². The lowest BCUT2D eigenvalue weighted by molar-refractivity contribution is 0.0478. The zero-order valence-corrected chi connectivity index (χ0v) is 13.4. The van der Waals surface area contributed by atoms with Crippen molar-refractivity contribution in [2.45, 2.75) is 57.0 Å². The predicted octanol–water partition coefficient (Wildman–Crippen LogP) is 3.52. The summed E-state index contributed by atoms with van der Waals surface area (Å²) in [4.78, 5) is 3.87. The first-order valence-corrected chi connectivity index (χ1v) is 8.38. The fraction of sp³-hybridized carbons (Fsp3) is 0.750. The number of likely N-dealkylation sites (N-methyl/N-ethyl adjacent to an activating group) is 1. The highest BCUT2D eigenvalue weighted by Gasteiger charge is 2.41. The van der Waals surface area contributed by atoms with Crippen molar-refractivity contribution in [3.8, 4) is 0 Å². The van der Waals surface area contributed by atoms with Crippen molar-refractivity contribution in [1.82, 2.24) is 4.90 Å². The molecular formula is C16H28N2S. The summed E-state index contributed by atoms with van der Waals surface area (Å²) in [7, 11) is 4.42. The van der Waals surface area contributed by atoms with Crippen molar-refractivity contribution in [3.63, 3.8) is 0 Å². The van der Waals surface area contributed by atoms with Gasteiger partial charge in [0, 0.05) is 16.5 Å². The van der Waals surface area contributed by atoms with Gasteiger partial charge in [0.05, 0.1) is 0 Å². The fourth-order valence-electron chi connectivity index (χ4n) is 3.66. The Morgan fingerprint density at radius 2 is 2.32 bits per heavy atom. The van der Waals surface area contributed by atoms with Crippen LogP contribution >= 0.6 is 11.3 Å². The molecule has 1 aliphatic carbocycles. The average molecular weight is 280 g/mol. The number of nitrogens with two attached hydrogens (primary N) is 1. The summed E-state index contributed by atoms with van der Waals surface area (Å²) in [6.07, 6.45) is 7.44. The second-order valence-corrected chi connectivity index (χ2v) is 7.46. The third-order valence-corrected chi connectivity index (χ3v) is 5.81. The van der Waals surface area contributed by atoms with Crippen molar-refractivity contribution in [3.05, 3.63) is 22.4 Å². The lowest BCUT2D eigenvalue weighted by Gasteiger charge is -2.49. The third kappa shape index (κ3) is 3.39. The van der Waals surface area contributed by atoms with Crippen LogP contribution in [0.3, 0.4) is 0 Å². The Morgan fingerprint density at radius 1 is 1.53 bits per heavy atom. The lowest BCUT2D eigenvalue weighted by atomic mass is 9.70. The van der Waals surface area contributed by atoms with E-state index in [1.165, 1.54) is 30.6 Å². The fourth-order valence-corrected chi connectivity index (χ4v) is 4.38. The van der Waals surface area contributed by atoms with Crippen LogP contribution < -0.4 is 5.73 Å². The summed E-state index contributed by atoms with van der Waals surface area (Å²) in [6, 6.07) is 4.64. The Morgan fingerprint density at radius 3 is 2.89 bits per heavy atom. The zero-order valence-electron chi connectivity index (χ0n) is 12.6. The van der Waals surface area contributed by atoms with Gasteiger partial charge in [0.2, 0.25) is 0 Å². The number of nitrogens with zero attached hydrogens (tertiary/aromatic N) is 1. The Balaban J connectivity index is 2.01. The summed E-state index contributed by atoms with van der Waals surface area (Å²) in [5, 5.41) is 2.16. The first kappa shape index (κ1) is 15.0. The van der Waals surface area contributed by atoms with Gasteiger partial charge in [-0.3, -0.25) is 0 Å². The van der Waals surface area contributed by atoms with Gasteiger partial charge in [0.25, 0.3) is 0 Å². The summed E-state index contributed by atoms with van der Waals surface area (Å²) in [6.45, 7) is 2.38. The molecule has 3 heteroatoms. The minimum atomic E-state index is 0.217. The van der Waals surface area contributed by atoms with Crippen molar-refractivity contribution in [2.24, 2.45) is 11.7 Å².